The van der Waals surface area contributed by atoms with Gasteiger partial charge in [0.1, 0.15) is 17.9 Å². The van der Waals surface area contributed by atoms with E-state index >= 15 is 0 Å². The third-order valence-corrected chi connectivity index (χ3v) is 8.31. The van der Waals surface area contributed by atoms with Crippen LogP contribution in [0.2, 0.25) is 0 Å². The van der Waals surface area contributed by atoms with Gasteiger partial charge in [-0.05, 0) is 44.1 Å². The number of anilines is 5. The van der Waals surface area contributed by atoms with Crippen LogP contribution in [0.4, 0.5) is 37.5 Å². The minimum Gasteiger partial charge on any atom is -0.494 e. The molecule has 12 heteroatoms. The molecule has 0 radical (unpaired) electrons. The lowest BCUT2D eigenvalue weighted by atomic mass is 10.0. The summed E-state index contributed by atoms with van der Waals surface area (Å²) < 4.78 is 34.3. The van der Waals surface area contributed by atoms with Gasteiger partial charge in [0, 0.05) is 43.2 Å². The molecule has 0 spiro atoms. The van der Waals surface area contributed by atoms with Crippen LogP contribution in [-0.2, 0) is 9.63 Å². The predicted octanol–water partition coefficient (Wildman–Crippen LogP) is 4.65. The van der Waals surface area contributed by atoms with Crippen LogP contribution in [0.1, 0.15) is 24.4 Å². The Hall–Kier alpha value is -4.29. The predicted molar refractivity (Wildman–Crippen MR) is 156 cm³/mol. The first-order chi connectivity index (χ1) is 20.4. The molecule has 2 N–H and O–H groups in total. The zero-order valence-electron chi connectivity index (χ0n) is 23.5. The monoisotopic (exact) mass is 577 g/mol. The molecule has 3 atom stereocenters. The Morgan fingerprint density at radius 2 is 2.02 bits per heavy atom. The van der Waals surface area contributed by atoms with Gasteiger partial charge in [0.15, 0.2) is 17.5 Å². The summed E-state index contributed by atoms with van der Waals surface area (Å²) in [5.41, 5.74) is 2.24. The Morgan fingerprint density at radius 1 is 1.17 bits per heavy atom. The molecule has 220 valence electrons. The number of nitrogens with zero attached hydrogens (tertiary/aromatic N) is 5. The number of ether oxygens (including phenoxy) is 1. The number of likely N-dealkylation sites (tertiary alicyclic amines) is 1. The van der Waals surface area contributed by atoms with E-state index in [1.807, 2.05) is 12.1 Å². The van der Waals surface area contributed by atoms with Gasteiger partial charge in [-0.25, -0.2) is 23.8 Å². The maximum atomic E-state index is 14.6. The standard InChI is InChI=1S/C30H33F2N7O3/c1-4-29(40)36-21-12-22(26(41-3)13-24(21)38-15-18-8-10-37(2)25(18)16-38)35-27-14-28(34-17-33-27)39-23(9-11-42-39)19-6-5-7-20(31)30(19)32/h4-7,12-14,17-18,23,25H,1,8-11,15-16H2,2-3H3,(H,36,40)(H,33,34,35)/t18-,23+,25+/m0/s1. The molecule has 3 fully saturated rings. The highest BCUT2D eigenvalue weighted by atomic mass is 19.2. The van der Waals surface area contributed by atoms with E-state index in [0.29, 0.717) is 53.7 Å². The highest BCUT2D eigenvalue weighted by Gasteiger charge is 2.40. The van der Waals surface area contributed by atoms with Gasteiger partial charge in [-0.1, -0.05) is 18.7 Å². The number of likely N-dealkylation sites (N-methyl/N-ethyl adjacent to an activating group) is 1. The average molecular weight is 578 g/mol. The molecule has 0 unspecified atom stereocenters. The van der Waals surface area contributed by atoms with Crippen LogP contribution < -0.4 is 25.3 Å². The number of fused-ring (bicyclic) bond motifs is 1. The molecule has 1 aromatic heterocycles. The molecule has 3 aliphatic heterocycles. The van der Waals surface area contributed by atoms with Crippen LogP contribution in [0.3, 0.4) is 0 Å². The number of nitrogens with one attached hydrogen (secondary N) is 2. The Bertz CT molecular complexity index is 1510. The van der Waals surface area contributed by atoms with Crippen molar-refractivity contribution in [3.63, 3.8) is 0 Å². The number of rotatable bonds is 8. The van der Waals surface area contributed by atoms with Crippen molar-refractivity contribution in [2.75, 3.05) is 61.0 Å². The minimum atomic E-state index is -0.913. The van der Waals surface area contributed by atoms with Gasteiger partial charge in [-0.2, -0.15) is 0 Å². The fourth-order valence-corrected chi connectivity index (χ4v) is 6.18. The molecule has 0 saturated carbocycles. The number of amides is 1. The topological polar surface area (TPSA) is 95.1 Å². The second-order valence-corrected chi connectivity index (χ2v) is 10.8. The lowest BCUT2D eigenvalue weighted by Gasteiger charge is -2.26. The molecule has 3 aromatic rings. The summed E-state index contributed by atoms with van der Waals surface area (Å²) in [5.74, 6) is -0.223. The van der Waals surface area contributed by atoms with Gasteiger partial charge in [-0.3, -0.25) is 9.63 Å². The quantitative estimate of drug-likeness (QED) is 0.371. The van der Waals surface area contributed by atoms with E-state index < -0.39 is 17.7 Å². The highest BCUT2D eigenvalue weighted by Crippen LogP contribution is 2.42. The lowest BCUT2D eigenvalue weighted by Crippen LogP contribution is -2.32. The van der Waals surface area contributed by atoms with Crippen molar-refractivity contribution in [3.8, 4) is 5.75 Å². The average Bonchev–Trinajstić information content (AvgIpc) is 3.73. The highest BCUT2D eigenvalue weighted by molar-refractivity contribution is 6.02. The fourth-order valence-electron chi connectivity index (χ4n) is 6.18. The van der Waals surface area contributed by atoms with E-state index in [-0.39, 0.29) is 11.5 Å². The summed E-state index contributed by atoms with van der Waals surface area (Å²) in [7, 11) is 3.74. The van der Waals surface area contributed by atoms with E-state index in [2.05, 4.69) is 44.0 Å². The zero-order chi connectivity index (χ0) is 29.4. The Morgan fingerprint density at radius 3 is 2.81 bits per heavy atom. The molecule has 10 nitrogen and oxygen atoms in total. The summed E-state index contributed by atoms with van der Waals surface area (Å²) >= 11 is 0. The first-order valence-electron chi connectivity index (χ1n) is 13.9. The Labute approximate surface area is 242 Å². The fraction of sp³-hybridized carbons (Fsp3) is 0.367. The molecule has 2 aromatic carbocycles. The van der Waals surface area contributed by atoms with Crippen molar-refractivity contribution in [2.45, 2.75) is 24.9 Å². The molecule has 3 saturated heterocycles. The number of carbonyl (C=O) groups excluding carboxylic acids is 1. The number of methoxy groups -OCH3 is 1. The summed E-state index contributed by atoms with van der Waals surface area (Å²) in [6, 6.07) is 9.39. The minimum absolute atomic E-state index is 0.192. The zero-order valence-corrected chi connectivity index (χ0v) is 23.5. The number of halogens is 2. The molecule has 4 heterocycles. The first kappa shape index (κ1) is 27.9. The van der Waals surface area contributed by atoms with Gasteiger partial charge in [0.25, 0.3) is 0 Å². The Kier molecular flexibility index (Phi) is 7.65. The van der Waals surface area contributed by atoms with Crippen molar-refractivity contribution in [1.82, 2.24) is 14.9 Å². The van der Waals surface area contributed by atoms with E-state index in [0.717, 1.165) is 37.8 Å². The molecular weight excluding hydrogens is 544 g/mol. The van der Waals surface area contributed by atoms with Crippen molar-refractivity contribution < 1.29 is 23.1 Å². The number of hydrogen-bond donors (Lipinski definition) is 2. The van der Waals surface area contributed by atoms with E-state index in [9.17, 15) is 13.6 Å². The normalized spacial score (nSPS) is 21.9. The van der Waals surface area contributed by atoms with Crippen LogP contribution in [0.25, 0.3) is 0 Å². The van der Waals surface area contributed by atoms with Crippen LogP contribution in [0.15, 0.2) is 55.4 Å². The molecule has 0 aliphatic carbocycles. The number of benzene rings is 2. The summed E-state index contributed by atoms with van der Waals surface area (Å²) in [6.07, 6.45) is 4.20. The molecule has 42 heavy (non-hydrogen) atoms. The van der Waals surface area contributed by atoms with Crippen molar-refractivity contribution in [3.05, 3.63) is 72.6 Å². The Balaban J connectivity index is 1.30. The maximum Gasteiger partial charge on any atom is 0.247 e. The second kappa shape index (κ2) is 11.5. The number of hydroxylamine groups is 1. The van der Waals surface area contributed by atoms with Crippen LogP contribution in [-0.4, -0.2) is 67.2 Å². The molecule has 3 aliphatic rings. The summed E-state index contributed by atoms with van der Waals surface area (Å²) in [5, 5.41) is 7.68. The third kappa shape index (κ3) is 5.23. The largest absolute Gasteiger partial charge is 0.494 e. The van der Waals surface area contributed by atoms with Gasteiger partial charge < -0.3 is 25.2 Å². The molecule has 6 rings (SSSR count). The SMILES string of the molecule is C=CC(=O)Nc1cc(Nc2cc(N3OCC[C@@H]3c3cccc(F)c3F)ncn2)c(OC)cc1N1C[C@@H]2CCN(C)[C@@H]2C1. The van der Waals surface area contributed by atoms with Gasteiger partial charge in [0.2, 0.25) is 5.91 Å². The third-order valence-electron chi connectivity index (χ3n) is 8.31. The smallest absolute Gasteiger partial charge is 0.247 e. The first-order valence-corrected chi connectivity index (χ1v) is 13.9. The number of carbonyl (C=O) groups is 1. The second-order valence-electron chi connectivity index (χ2n) is 10.8. The van der Waals surface area contributed by atoms with E-state index in [1.54, 1.807) is 19.2 Å². The molecular formula is C30H33F2N7O3. The van der Waals surface area contributed by atoms with Crippen LogP contribution in [0, 0.1) is 17.6 Å². The van der Waals surface area contributed by atoms with E-state index in [1.165, 1.54) is 23.5 Å². The van der Waals surface area contributed by atoms with Gasteiger partial charge in [-0.15, -0.1) is 0 Å². The number of aromatic nitrogens is 2. The summed E-state index contributed by atoms with van der Waals surface area (Å²) in [6.45, 7) is 6.76. The maximum absolute atomic E-state index is 14.6. The van der Waals surface area contributed by atoms with Crippen molar-refractivity contribution in [2.24, 2.45) is 5.92 Å². The molecule has 1 amide bonds. The number of hydrogen-bond acceptors (Lipinski definition) is 9. The van der Waals surface area contributed by atoms with Gasteiger partial charge in [0.05, 0.1) is 36.8 Å². The molecule has 0 bridgehead atoms. The van der Waals surface area contributed by atoms with Crippen LogP contribution >= 0.6 is 0 Å². The van der Waals surface area contributed by atoms with Crippen molar-refractivity contribution in [1.29, 1.82) is 0 Å². The lowest BCUT2D eigenvalue weighted by molar-refractivity contribution is -0.111. The van der Waals surface area contributed by atoms with Gasteiger partial charge >= 0.3 is 0 Å². The van der Waals surface area contributed by atoms with Crippen LogP contribution in [0.5, 0.6) is 5.75 Å². The van der Waals surface area contributed by atoms with Crippen molar-refractivity contribution >= 4 is 34.6 Å². The summed E-state index contributed by atoms with van der Waals surface area (Å²) in [4.78, 5) is 31.5. The van der Waals surface area contributed by atoms with E-state index in [4.69, 9.17) is 9.57 Å².